The standard InChI is InChI=1S/C17H13NO2S2/c1-20-14-7-4-12(5-8-14)15(19)9-6-13-11-22-17(18-13)16-3-2-10-21-16/h2-11H,1H3/b9-6+. The molecule has 3 aromatic rings. The van der Waals surface area contributed by atoms with Crippen LogP contribution in [0.3, 0.4) is 0 Å². The van der Waals surface area contributed by atoms with Gasteiger partial charge in [0.1, 0.15) is 10.8 Å². The first-order valence-electron chi connectivity index (χ1n) is 6.62. The van der Waals surface area contributed by atoms with E-state index in [9.17, 15) is 4.79 Å². The smallest absolute Gasteiger partial charge is 0.185 e. The van der Waals surface area contributed by atoms with Gasteiger partial charge in [0.25, 0.3) is 0 Å². The molecule has 3 rings (SSSR count). The van der Waals surface area contributed by atoms with Crippen LogP contribution in [0.1, 0.15) is 16.1 Å². The summed E-state index contributed by atoms with van der Waals surface area (Å²) < 4.78 is 5.08. The Morgan fingerprint density at radius 2 is 2.00 bits per heavy atom. The Balaban J connectivity index is 1.72. The number of thiophene rings is 1. The van der Waals surface area contributed by atoms with Crippen molar-refractivity contribution in [3.8, 4) is 15.6 Å². The molecular formula is C17H13NO2S2. The molecule has 5 heteroatoms. The summed E-state index contributed by atoms with van der Waals surface area (Å²) in [5.41, 5.74) is 1.43. The third-order valence-electron chi connectivity index (χ3n) is 3.03. The second-order valence-corrected chi connectivity index (χ2v) is 6.29. The van der Waals surface area contributed by atoms with Gasteiger partial charge in [0.2, 0.25) is 0 Å². The van der Waals surface area contributed by atoms with Crippen molar-refractivity contribution in [1.29, 1.82) is 0 Å². The highest BCUT2D eigenvalue weighted by molar-refractivity contribution is 7.20. The number of rotatable bonds is 5. The van der Waals surface area contributed by atoms with Crippen molar-refractivity contribution in [2.24, 2.45) is 0 Å². The molecule has 0 fully saturated rings. The van der Waals surface area contributed by atoms with Gasteiger partial charge in [-0.3, -0.25) is 4.79 Å². The Hall–Kier alpha value is -2.24. The molecule has 0 N–H and O–H groups in total. The molecule has 110 valence electrons. The van der Waals surface area contributed by atoms with Crippen LogP contribution in [0.5, 0.6) is 5.75 Å². The lowest BCUT2D eigenvalue weighted by Gasteiger charge is -1.99. The molecule has 2 aromatic heterocycles. The molecule has 3 nitrogen and oxygen atoms in total. The first-order valence-corrected chi connectivity index (χ1v) is 8.38. The number of methoxy groups -OCH3 is 1. The van der Waals surface area contributed by atoms with Crippen molar-refractivity contribution < 1.29 is 9.53 Å². The number of benzene rings is 1. The maximum Gasteiger partial charge on any atom is 0.185 e. The van der Waals surface area contributed by atoms with Crippen LogP contribution in [-0.4, -0.2) is 17.9 Å². The van der Waals surface area contributed by atoms with Crippen molar-refractivity contribution >= 4 is 34.5 Å². The summed E-state index contributed by atoms with van der Waals surface area (Å²) in [5, 5.41) is 4.96. The Labute approximate surface area is 136 Å². The summed E-state index contributed by atoms with van der Waals surface area (Å²) in [6.07, 6.45) is 3.30. The number of allylic oxidation sites excluding steroid dienone is 1. The van der Waals surface area contributed by atoms with Crippen molar-refractivity contribution in [3.63, 3.8) is 0 Å². The van der Waals surface area contributed by atoms with E-state index in [2.05, 4.69) is 4.98 Å². The lowest BCUT2D eigenvalue weighted by Crippen LogP contribution is -1.94. The number of nitrogens with zero attached hydrogens (tertiary/aromatic N) is 1. The molecule has 0 aliphatic carbocycles. The minimum absolute atomic E-state index is 0.0478. The fraction of sp³-hybridized carbons (Fsp3) is 0.0588. The first-order chi connectivity index (χ1) is 10.8. The average molecular weight is 327 g/mol. The van der Waals surface area contributed by atoms with Gasteiger partial charge in [-0.25, -0.2) is 4.98 Å². The summed E-state index contributed by atoms with van der Waals surface area (Å²) in [4.78, 5) is 17.8. The summed E-state index contributed by atoms with van der Waals surface area (Å²) >= 11 is 3.24. The van der Waals surface area contributed by atoms with Crippen LogP contribution in [0, 0.1) is 0 Å². The summed E-state index contributed by atoms with van der Waals surface area (Å²) in [6.45, 7) is 0. The highest BCUT2D eigenvalue weighted by Gasteiger charge is 2.05. The molecule has 1 aromatic carbocycles. The highest BCUT2D eigenvalue weighted by atomic mass is 32.1. The zero-order valence-corrected chi connectivity index (χ0v) is 13.5. The van der Waals surface area contributed by atoms with E-state index >= 15 is 0 Å². The van der Waals surface area contributed by atoms with Crippen LogP contribution in [0.4, 0.5) is 0 Å². The van der Waals surface area contributed by atoms with Gasteiger partial charge >= 0.3 is 0 Å². The van der Waals surface area contributed by atoms with Gasteiger partial charge in [-0.05, 0) is 47.9 Å². The van der Waals surface area contributed by atoms with E-state index in [4.69, 9.17) is 4.74 Å². The van der Waals surface area contributed by atoms with Gasteiger partial charge in [0, 0.05) is 10.9 Å². The van der Waals surface area contributed by atoms with E-state index in [1.165, 1.54) is 0 Å². The lowest BCUT2D eigenvalue weighted by molar-refractivity contribution is 0.104. The highest BCUT2D eigenvalue weighted by Crippen LogP contribution is 2.28. The lowest BCUT2D eigenvalue weighted by atomic mass is 10.1. The molecule has 0 atom stereocenters. The Morgan fingerprint density at radius 1 is 1.18 bits per heavy atom. The number of thiazole rings is 1. The minimum Gasteiger partial charge on any atom is -0.497 e. The predicted molar refractivity (Wildman–Crippen MR) is 91.8 cm³/mol. The topological polar surface area (TPSA) is 39.2 Å². The molecule has 2 heterocycles. The summed E-state index contributed by atoms with van der Waals surface area (Å²) in [7, 11) is 1.60. The monoisotopic (exact) mass is 327 g/mol. The second-order valence-electron chi connectivity index (χ2n) is 4.48. The van der Waals surface area contributed by atoms with E-state index in [-0.39, 0.29) is 5.78 Å². The summed E-state index contributed by atoms with van der Waals surface area (Å²) in [6, 6.07) is 11.1. The van der Waals surface area contributed by atoms with Crippen molar-refractivity contribution in [1.82, 2.24) is 4.98 Å². The van der Waals surface area contributed by atoms with Gasteiger partial charge in [0.05, 0.1) is 17.7 Å². The fourth-order valence-corrected chi connectivity index (χ4v) is 3.49. The zero-order chi connectivity index (χ0) is 15.4. The van der Waals surface area contributed by atoms with Crippen LogP contribution in [0.15, 0.2) is 53.2 Å². The maximum absolute atomic E-state index is 12.1. The van der Waals surface area contributed by atoms with Crippen LogP contribution in [0.25, 0.3) is 16.0 Å². The zero-order valence-electron chi connectivity index (χ0n) is 11.9. The number of aromatic nitrogens is 1. The fourth-order valence-electron chi connectivity index (χ4n) is 1.89. The number of carbonyl (C=O) groups is 1. The Bertz CT molecular complexity index is 786. The molecule has 22 heavy (non-hydrogen) atoms. The van der Waals surface area contributed by atoms with Crippen molar-refractivity contribution in [2.45, 2.75) is 0 Å². The van der Waals surface area contributed by atoms with Crippen molar-refractivity contribution in [2.75, 3.05) is 7.11 Å². The third kappa shape index (κ3) is 3.32. The van der Waals surface area contributed by atoms with Crippen LogP contribution in [0.2, 0.25) is 0 Å². The normalized spacial score (nSPS) is 11.0. The van der Waals surface area contributed by atoms with Crippen molar-refractivity contribution in [3.05, 3.63) is 64.5 Å². The van der Waals surface area contributed by atoms with Crippen LogP contribution in [-0.2, 0) is 0 Å². The third-order valence-corrected chi connectivity index (χ3v) is 4.93. The molecule has 0 saturated carbocycles. The largest absolute Gasteiger partial charge is 0.497 e. The SMILES string of the molecule is COc1ccc(C(=O)/C=C/c2csc(-c3cccs3)n2)cc1. The minimum atomic E-state index is -0.0478. The number of hydrogen-bond acceptors (Lipinski definition) is 5. The Morgan fingerprint density at radius 3 is 2.68 bits per heavy atom. The van der Waals surface area contributed by atoms with Gasteiger partial charge in [-0.2, -0.15) is 0 Å². The molecule has 0 unspecified atom stereocenters. The maximum atomic E-state index is 12.1. The summed E-state index contributed by atoms with van der Waals surface area (Å²) in [5.74, 6) is 0.689. The molecule has 0 bridgehead atoms. The molecule has 0 saturated heterocycles. The number of ether oxygens (including phenoxy) is 1. The molecule has 0 aliphatic rings. The van der Waals surface area contributed by atoms with E-state index in [0.717, 1.165) is 21.3 Å². The van der Waals surface area contributed by atoms with Crippen LogP contribution < -0.4 is 4.74 Å². The average Bonchev–Trinajstić information content (AvgIpc) is 3.23. The van der Waals surface area contributed by atoms with E-state index < -0.39 is 0 Å². The van der Waals surface area contributed by atoms with Gasteiger partial charge < -0.3 is 4.74 Å². The number of carbonyl (C=O) groups excluding carboxylic acids is 1. The quantitative estimate of drug-likeness (QED) is 0.500. The Kier molecular flexibility index (Phi) is 4.46. The second kappa shape index (κ2) is 6.68. The number of hydrogen-bond donors (Lipinski definition) is 0. The van der Waals surface area contributed by atoms with Gasteiger partial charge in [0.15, 0.2) is 5.78 Å². The molecule has 0 radical (unpaired) electrons. The van der Waals surface area contributed by atoms with Gasteiger partial charge in [-0.15, -0.1) is 22.7 Å². The molecular weight excluding hydrogens is 314 g/mol. The van der Waals surface area contributed by atoms with Gasteiger partial charge in [-0.1, -0.05) is 6.07 Å². The van der Waals surface area contributed by atoms with E-state index in [0.29, 0.717) is 5.56 Å². The predicted octanol–water partition coefficient (Wildman–Crippen LogP) is 4.78. The van der Waals surface area contributed by atoms with E-state index in [1.54, 1.807) is 66.2 Å². The molecule has 0 spiro atoms. The number of ketones is 1. The van der Waals surface area contributed by atoms with Crippen LogP contribution >= 0.6 is 22.7 Å². The molecule has 0 aliphatic heterocycles. The molecule has 0 amide bonds. The van der Waals surface area contributed by atoms with E-state index in [1.807, 2.05) is 22.9 Å². The first kappa shape index (κ1) is 14.7.